The van der Waals surface area contributed by atoms with Gasteiger partial charge in [-0.1, -0.05) is 17.7 Å². The van der Waals surface area contributed by atoms with E-state index in [0.717, 1.165) is 10.5 Å². The molecule has 0 saturated carbocycles. The number of anilines is 1. The highest BCUT2D eigenvalue weighted by Crippen LogP contribution is 2.28. The number of hydrogen-bond acceptors (Lipinski definition) is 2. The van der Waals surface area contributed by atoms with E-state index in [1.165, 1.54) is 7.05 Å². The molecule has 0 fully saturated rings. The highest BCUT2D eigenvalue weighted by molar-refractivity contribution is 6.33. The number of benzene rings is 1. The smallest absolute Gasteiger partial charge is 0.365 e. The molecule has 0 saturated heterocycles. The Balaban J connectivity index is 2.85. The van der Waals surface area contributed by atoms with Gasteiger partial charge in [-0.3, -0.25) is 0 Å². The summed E-state index contributed by atoms with van der Waals surface area (Å²) >= 11 is 5.99. The Morgan fingerprint density at radius 1 is 1.39 bits per heavy atom. The van der Waals surface area contributed by atoms with Crippen LogP contribution >= 0.6 is 11.6 Å². The average Bonchev–Trinajstić information content (AvgIpc) is 2.13. The number of nitrogens with zero attached hydrogens (tertiary/aromatic N) is 1. The highest BCUT2D eigenvalue weighted by atomic mass is 35.5. The first-order chi connectivity index (χ1) is 8.19. The zero-order valence-corrected chi connectivity index (χ0v) is 11.0. The van der Waals surface area contributed by atoms with Crippen molar-refractivity contribution >= 4 is 17.3 Å². The number of nitrogens with two attached hydrogens (primary N) is 1. The zero-order valence-electron chi connectivity index (χ0n) is 10.3. The SMILES string of the molecule is CC(N)Cc1ccc(N(C)CC(F)(F)F)c(Cl)c1. The lowest BCUT2D eigenvalue weighted by atomic mass is 10.1. The van der Waals surface area contributed by atoms with E-state index in [2.05, 4.69) is 0 Å². The van der Waals surface area contributed by atoms with Crippen LogP contribution in [0.3, 0.4) is 0 Å². The van der Waals surface area contributed by atoms with Crippen molar-refractivity contribution in [3.63, 3.8) is 0 Å². The molecule has 1 aromatic carbocycles. The van der Waals surface area contributed by atoms with E-state index in [4.69, 9.17) is 17.3 Å². The molecule has 102 valence electrons. The largest absolute Gasteiger partial charge is 0.405 e. The fourth-order valence-corrected chi connectivity index (χ4v) is 2.06. The van der Waals surface area contributed by atoms with E-state index in [-0.39, 0.29) is 6.04 Å². The molecule has 0 aliphatic carbocycles. The van der Waals surface area contributed by atoms with Crippen molar-refractivity contribution in [2.24, 2.45) is 5.73 Å². The molecule has 2 N–H and O–H groups in total. The molecule has 0 aromatic heterocycles. The molecule has 18 heavy (non-hydrogen) atoms. The average molecular weight is 281 g/mol. The van der Waals surface area contributed by atoms with Crippen LogP contribution in [0.5, 0.6) is 0 Å². The van der Waals surface area contributed by atoms with Crippen molar-refractivity contribution in [2.75, 3.05) is 18.5 Å². The zero-order chi connectivity index (χ0) is 13.9. The molecule has 0 radical (unpaired) electrons. The van der Waals surface area contributed by atoms with Gasteiger partial charge in [0.15, 0.2) is 0 Å². The lowest BCUT2D eigenvalue weighted by Crippen LogP contribution is -2.31. The third-order valence-corrected chi connectivity index (χ3v) is 2.70. The Hall–Kier alpha value is -0.940. The minimum Gasteiger partial charge on any atom is -0.365 e. The molecule has 6 heteroatoms. The molecular formula is C12H16ClF3N2. The molecule has 0 aliphatic heterocycles. The van der Waals surface area contributed by atoms with E-state index in [0.29, 0.717) is 17.1 Å². The van der Waals surface area contributed by atoms with Gasteiger partial charge >= 0.3 is 6.18 Å². The molecule has 1 aromatic rings. The molecular weight excluding hydrogens is 265 g/mol. The maximum absolute atomic E-state index is 12.3. The van der Waals surface area contributed by atoms with E-state index in [1.54, 1.807) is 18.2 Å². The maximum Gasteiger partial charge on any atom is 0.405 e. The summed E-state index contributed by atoms with van der Waals surface area (Å²) in [6, 6.07) is 4.98. The van der Waals surface area contributed by atoms with Crippen LogP contribution in [0.2, 0.25) is 5.02 Å². The van der Waals surface area contributed by atoms with Crippen molar-refractivity contribution in [1.29, 1.82) is 0 Å². The van der Waals surface area contributed by atoms with Gasteiger partial charge < -0.3 is 10.6 Å². The van der Waals surface area contributed by atoms with Gasteiger partial charge in [0, 0.05) is 13.1 Å². The van der Waals surface area contributed by atoms with Crippen LogP contribution < -0.4 is 10.6 Å². The first kappa shape index (κ1) is 15.1. The molecule has 1 atom stereocenters. The summed E-state index contributed by atoms with van der Waals surface area (Å²) in [5, 5.41) is 0.305. The van der Waals surface area contributed by atoms with Gasteiger partial charge in [-0.05, 0) is 31.0 Å². The Bertz CT molecular complexity index is 405. The minimum absolute atomic E-state index is 0.0141. The van der Waals surface area contributed by atoms with Crippen LogP contribution in [0.4, 0.5) is 18.9 Å². The van der Waals surface area contributed by atoms with E-state index < -0.39 is 12.7 Å². The molecule has 1 rings (SSSR count). The summed E-state index contributed by atoms with van der Waals surface area (Å²) in [7, 11) is 1.36. The van der Waals surface area contributed by atoms with E-state index in [9.17, 15) is 13.2 Å². The first-order valence-corrected chi connectivity index (χ1v) is 5.89. The summed E-state index contributed by atoms with van der Waals surface area (Å²) in [6.07, 6.45) is -3.61. The van der Waals surface area contributed by atoms with Gasteiger partial charge in [-0.25, -0.2) is 0 Å². The lowest BCUT2D eigenvalue weighted by molar-refractivity contribution is -0.119. The fourth-order valence-electron chi connectivity index (χ4n) is 1.71. The van der Waals surface area contributed by atoms with Crippen LogP contribution in [0.25, 0.3) is 0 Å². The molecule has 1 unspecified atom stereocenters. The summed E-state index contributed by atoms with van der Waals surface area (Å²) in [5.74, 6) is 0. The summed E-state index contributed by atoms with van der Waals surface area (Å²) in [5.41, 5.74) is 6.93. The summed E-state index contributed by atoms with van der Waals surface area (Å²) < 4.78 is 36.8. The Morgan fingerprint density at radius 2 is 2.00 bits per heavy atom. The minimum atomic E-state index is -4.25. The van der Waals surface area contributed by atoms with Gasteiger partial charge in [0.2, 0.25) is 0 Å². The van der Waals surface area contributed by atoms with Crippen LogP contribution in [-0.4, -0.2) is 25.8 Å². The van der Waals surface area contributed by atoms with Gasteiger partial charge in [-0.2, -0.15) is 13.2 Å². The monoisotopic (exact) mass is 280 g/mol. The van der Waals surface area contributed by atoms with E-state index >= 15 is 0 Å². The Kier molecular flexibility index (Phi) is 4.87. The second-order valence-electron chi connectivity index (χ2n) is 4.44. The molecule has 0 amide bonds. The van der Waals surface area contributed by atoms with Gasteiger partial charge in [-0.15, -0.1) is 0 Å². The third kappa shape index (κ3) is 4.74. The number of rotatable bonds is 4. The Morgan fingerprint density at radius 3 is 2.44 bits per heavy atom. The van der Waals surface area contributed by atoms with Gasteiger partial charge in [0.05, 0.1) is 10.7 Å². The van der Waals surface area contributed by atoms with E-state index in [1.807, 2.05) is 6.92 Å². The normalized spacial score (nSPS) is 13.5. The number of halogens is 4. The molecule has 0 aliphatic rings. The first-order valence-electron chi connectivity index (χ1n) is 5.51. The van der Waals surface area contributed by atoms with Crippen molar-refractivity contribution in [3.8, 4) is 0 Å². The standard InChI is InChI=1S/C12H16ClF3N2/c1-8(17)5-9-3-4-11(10(13)6-9)18(2)7-12(14,15)16/h3-4,6,8H,5,7,17H2,1-2H3. The molecule has 0 spiro atoms. The van der Waals surface area contributed by atoms with Crippen molar-refractivity contribution in [2.45, 2.75) is 25.6 Å². The van der Waals surface area contributed by atoms with Crippen LogP contribution in [-0.2, 0) is 6.42 Å². The predicted molar refractivity (Wildman–Crippen MR) is 68.1 cm³/mol. The second-order valence-corrected chi connectivity index (χ2v) is 4.85. The van der Waals surface area contributed by atoms with Crippen LogP contribution in [0.1, 0.15) is 12.5 Å². The van der Waals surface area contributed by atoms with Gasteiger partial charge in [0.25, 0.3) is 0 Å². The van der Waals surface area contributed by atoms with Gasteiger partial charge in [0.1, 0.15) is 6.54 Å². The molecule has 2 nitrogen and oxygen atoms in total. The Labute approximate surface area is 110 Å². The molecule has 0 heterocycles. The van der Waals surface area contributed by atoms with Crippen molar-refractivity contribution in [3.05, 3.63) is 28.8 Å². The fraction of sp³-hybridized carbons (Fsp3) is 0.500. The predicted octanol–water partition coefficient (Wildman–Crippen LogP) is 3.23. The van der Waals surface area contributed by atoms with Crippen LogP contribution in [0, 0.1) is 0 Å². The molecule has 0 bridgehead atoms. The highest BCUT2D eigenvalue weighted by Gasteiger charge is 2.29. The third-order valence-electron chi connectivity index (χ3n) is 2.40. The van der Waals surface area contributed by atoms with Crippen molar-refractivity contribution < 1.29 is 13.2 Å². The van der Waals surface area contributed by atoms with Crippen LogP contribution in [0.15, 0.2) is 18.2 Å². The maximum atomic E-state index is 12.3. The quantitative estimate of drug-likeness (QED) is 0.917. The lowest BCUT2D eigenvalue weighted by Gasteiger charge is -2.22. The number of alkyl halides is 3. The second kappa shape index (κ2) is 5.80. The summed E-state index contributed by atoms with van der Waals surface area (Å²) in [6.45, 7) is 0.830. The number of hydrogen-bond donors (Lipinski definition) is 1. The summed E-state index contributed by atoms with van der Waals surface area (Å²) in [4.78, 5) is 1.08. The van der Waals surface area contributed by atoms with Crippen molar-refractivity contribution in [1.82, 2.24) is 0 Å². The topological polar surface area (TPSA) is 29.3 Å².